The molecular formula is C23H22F3NO4S2. The van der Waals surface area contributed by atoms with Crippen LogP contribution in [0.3, 0.4) is 0 Å². The van der Waals surface area contributed by atoms with E-state index in [4.69, 9.17) is 4.74 Å². The van der Waals surface area contributed by atoms with Crippen LogP contribution in [0.4, 0.5) is 13.2 Å². The van der Waals surface area contributed by atoms with E-state index < -0.39 is 29.7 Å². The van der Waals surface area contributed by atoms with Gasteiger partial charge in [0.25, 0.3) is 0 Å². The fraction of sp³-hybridized carbons (Fsp3) is 0.261. The number of hydrogen-bond donors (Lipinski definition) is 1. The van der Waals surface area contributed by atoms with E-state index in [2.05, 4.69) is 9.46 Å². The Labute approximate surface area is 196 Å². The highest BCUT2D eigenvalue weighted by Crippen LogP contribution is 2.35. The second kappa shape index (κ2) is 11.1. The van der Waals surface area contributed by atoms with Crippen LogP contribution in [0.5, 0.6) is 5.75 Å². The van der Waals surface area contributed by atoms with Crippen molar-refractivity contribution >= 4 is 28.7 Å². The third-order valence-electron chi connectivity index (χ3n) is 4.48. The summed E-state index contributed by atoms with van der Waals surface area (Å²) in [5.41, 5.74) is 1.56. The van der Waals surface area contributed by atoms with E-state index in [-0.39, 0.29) is 18.8 Å². The van der Waals surface area contributed by atoms with E-state index in [9.17, 15) is 22.5 Å². The highest BCUT2D eigenvalue weighted by atomic mass is 32.2. The van der Waals surface area contributed by atoms with Gasteiger partial charge in [-0.2, -0.15) is 0 Å². The van der Waals surface area contributed by atoms with Crippen LogP contribution in [-0.2, 0) is 20.9 Å². The Morgan fingerprint density at radius 3 is 2.55 bits per heavy atom. The number of ether oxygens (including phenoxy) is 2. The number of hydrogen-bond acceptors (Lipinski definition) is 6. The summed E-state index contributed by atoms with van der Waals surface area (Å²) in [5, 5.41) is 0. The minimum atomic E-state index is -4.78. The number of carbonyl (C=O) groups is 1. The molecule has 0 aliphatic carbocycles. The first kappa shape index (κ1) is 25.1. The van der Waals surface area contributed by atoms with Gasteiger partial charge in [0.2, 0.25) is 0 Å². The van der Waals surface area contributed by atoms with Gasteiger partial charge >= 0.3 is 12.3 Å². The van der Waals surface area contributed by atoms with E-state index in [1.165, 1.54) is 29.5 Å². The fourth-order valence-corrected chi connectivity index (χ4v) is 5.11. The lowest BCUT2D eigenvalue weighted by Crippen LogP contribution is -2.30. The van der Waals surface area contributed by atoms with Gasteiger partial charge < -0.3 is 14.0 Å². The highest BCUT2D eigenvalue weighted by molar-refractivity contribution is 7.89. The Morgan fingerprint density at radius 2 is 1.88 bits per heavy atom. The van der Waals surface area contributed by atoms with Crippen LogP contribution in [0.25, 0.3) is 10.4 Å². The predicted octanol–water partition coefficient (Wildman–Crippen LogP) is 5.93. The van der Waals surface area contributed by atoms with Crippen LogP contribution in [-0.4, -0.2) is 23.5 Å². The normalized spacial score (nSPS) is 13.4. The topological polar surface area (TPSA) is 70.6 Å². The van der Waals surface area contributed by atoms with Crippen LogP contribution >= 0.6 is 11.3 Å². The molecule has 2 aromatic carbocycles. The second-order valence-corrected chi connectivity index (χ2v) is 9.40. The lowest BCUT2D eigenvalue weighted by atomic mass is 10.1. The first-order chi connectivity index (χ1) is 15.6. The van der Waals surface area contributed by atoms with Gasteiger partial charge in [0, 0.05) is 9.75 Å². The molecule has 0 aliphatic rings. The first-order valence-corrected chi connectivity index (χ1v) is 12.0. The summed E-state index contributed by atoms with van der Waals surface area (Å²) in [6, 6.07) is 15.7. The molecule has 0 radical (unpaired) electrons. The molecule has 0 fully saturated rings. The number of aryl methyl sites for hydroxylation is 1. The molecule has 3 aromatic rings. The molecule has 5 nitrogen and oxygen atoms in total. The minimum Gasteiger partial charge on any atom is -0.593 e. The molecule has 1 N–H and O–H groups in total. The molecule has 0 spiro atoms. The quantitative estimate of drug-likeness (QED) is 0.293. The number of thiophene rings is 1. The highest BCUT2D eigenvalue weighted by Gasteiger charge is 2.31. The number of esters is 1. The largest absolute Gasteiger partial charge is 0.593 e. The van der Waals surface area contributed by atoms with Crippen LogP contribution in [0.2, 0.25) is 0 Å². The van der Waals surface area contributed by atoms with Gasteiger partial charge in [-0.25, -0.2) is 0 Å². The third kappa shape index (κ3) is 7.50. The van der Waals surface area contributed by atoms with Crippen molar-refractivity contribution in [2.45, 2.75) is 37.6 Å². The molecule has 33 heavy (non-hydrogen) atoms. The summed E-state index contributed by atoms with van der Waals surface area (Å²) in [6.45, 7) is 3.84. The first-order valence-electron chi connectivity index (χ1n) is 10.0. The second-order valence-electron chi connectivity index (χ2n) is 7.04. The summed E-state index contributed by atoms with van der Waals surface area (Å²) in [5.74, 6) is -0.775. The van der Waals surface area contributed by atoms with E-state index >= 15 is 0 Å². The van der Waals surface area contributed by atoms with Crippen molar-refractivity contribution in [3.63, 3.8) is 0 Å². The van der Waals surface area contributed by atoms with Gasteiger partial charge in [0.05, 0.1) is 30.4 Å². The van der Waals surface area contributed by atoms with Crippen molar-refractivity contribution < 1.29 is 32.0 Å². The molecule has 10 heteroatoms. The van der Waals surface area contributed by atoms with Crippen molar-refractivity contribution in [1.82, 2.24) is 4.72 Å². The van der Waals surface area contributed by atoms with Gasteiger partial charge in [0.15, 0.2) is 4.90 Å². The van der Waals surface area contributed by atoms with Crippen molar-refractivity contribution in [2.75, 3.05) is 6.61 Å². The van der Waals surface area contributed by atoms with Crippen molar-refractivity contribution in [1.29, 1.82) is 0 Å². The minimum absolute atomic E-state index is 0.0530. The van der Waals surface area contributed by atoms with E-state index in [1.807, 2.05) is 19.1 Å². The van der Waals surface area contributed by atoms with Gasteiger partial charge in [-0.15, -0.1) is 29.2 Å². The number of alkyl halides is 3. The van der Waals surface area contributed by atoms with E-state index in [0.717, 1.165) is 5.56 Å². The summed E-state index contributed by atoms with van der Waals surface area (Å²) >= 11 is -0.310. The summed E-state index contributed by atoms with van der Waals surface area (Å²) in [6.07, 6.45) is -4.84. The molecule has 176 valence electrons. The Balaban J connectivity index is 1.83. The van der Waals surface area contributed by atoms with Crippen molar-refractivity contribution in [2.24, 2.45) is 0 Å². The van der Waals surface area contributed by atoms with Crippen LogP contribution in [0.1, 0.15) is 29.8 Å². The van der Waals surface area contributed by atoms with Crippen LogP contribution in [0, 0.1) is 6.92 Å². The Hall–Kier alpha value is -2.53. The third-order valence-corrected chi connectivity index (χ3v) is 6.93. The maximum absolute atomic E-state index is 12.9. The van der Waals surface area contributed by atoms with Crippen LogP contribution < -0.4 is 9.46 Å². The lowest BCUT2D eigenvalue weighted by Gasteiger charge is -2.18. The van der Waals surface area contributed by atoms with E-state index in [1.54, 1.807) is 37.3 Å². The van der Waals surface area contributed by atoms with Crippen molar-refractivity contribution in [3.8, 4) is 16.2 Å². The monoisotopic (exact) mass is 497 g/mol. The summed E-state index contributed by atoms with van der Waals surface area (Å²) < 4.78 is 62.5. The number of rotatable bonds is 9. The zero-order valence-electron chi connectivity index (χ0n) is 17.8. The lowest BCUT2D eigenvalue weighted by molar-refractivity contribution is -0.274. The van der Waals surface area contributed by atoms with Crippen molar-refractivity contribution in [3.05, 3.63) is 71.1 Å². The standard InChI is InChI=1S/C23H22F3NO4S2/c1-3-30-22(28)14-19(27-33(29)18-9-7-15(2)8-10-18)21-12-11-20(32-21)16-5-4-6-17(13-16)31-23(24,25)26/h4-13,19,27H,3,14H2,1-2H3. The van der Waals surface area contributed by atoms with Crippen LogP contribution in [0.15, 0.2) is 65.6 Å². The molecule has 1 heterocycles. The van der Waals surface area contributed by atoms with Gasteiger partial charge in [0.1, 0.15) is 5.75 Å². The molecule has 0 saturated heterocycles. The zero-order valence-corrected chi connectivity index (χ0v) is 19.5. The molecule has 1 aromatic heterocycles. The van der Waals surface area contributed by atoms with Gasteiger partial charge in [-0.1, -0.05) is 29.8 Å². The average Bonchev–Trinajstić information content (AvgIpc) is 3.23. The Kier molecular flexibility index (Phi) is 8.41. The average molecular weight is 498 g/mol. The predicted molar refractivity (Wildman–Crippen MR) is 121 cm³/mol. The molecule has 0 saturated carbocycles. The summed E-state index contributed by atoms with van der Waals surface area (Å²) in [7, 11) is 0. The fourth-order valence-electron chi connectivity index (χ4n) is 2.99. The molecule has 2 unspecified atom stereocenters. The van der Waals surface area contributed by atoms with Gasteiger partial charge in [-0.3, -0.25) is 4.79 Å². The smallest absolute Gasteiger partial charge is 0.573 e. The Morgan fingerprint density at radius 1 is 1.15 bits per heavy atom. The van der Waals surface area contributed by atoms with Gasteiger partial charge in [-0.05, 0) is 55.8 Å². The number of benzene rings is 2. The summed E-state index contributed by atoms with van der Waals surface area (Å²) in [4.78, 5) is 14.1. The number of nitrogens with one attached hydrogen (secondary N) is 1. The number of carbonyl (C=O) groups excluding carboxylic acids is 1. The molecule has 3 rings (SSSR count). The molecule has 0 aliphatic heterocycles. The van der Waals surface area contributed by atoms with E-state index in [0.29, 0.717) is 20.2 Å². The Bertz CT molecular complexity index is 1070. The number of halogens is 3. The molecule has 0 amide bonds. The molecule has 0 bridgehead atoms. The maximum atomic E-state index is 12.9. The molecular weight excluding hydrogens is 475 g/mol. The SMILES string of the molecule is CCOC(=O)CC(N[S+]([O-])c1ccc(C)cc1)c1ccc(-c2cccc(OC(F)(F)F)c2)s1. The maximum Gasteiger partial charge on any atom is 0.573 e. The zero-order chi connectivity index (χ0) is 24.0. The molecule has 2 atom stereocenters.